The van der Waals surface area contributed by atoms with E-state index in [1.807, 2.05) is 0 Å². The average molecular weight is 352 g/mol. The van der Waals surface area contributed by atoms with Crippen LogP contribution < -0.4 is 37.2 Å². The topological polar surface area (TPSA) is 18.5 Å². The molecule has 1 aliphatic rings. The van der Waals surface area contributed by atoms with Crippen molar-refractivity contribution in [3.8, 4) is 0 Å². The van der Waals surface area contributed by atoms with Crippen LogP contribution >= 0.6 is 0 Å². The SMILES string of the molecule is COCC(OC)C1=CC=CC1.[Cl-].[Cl-].[Cl-].[Zr+3]. The van der Waals surface area contributed by atoms with E-state index in [9.17, 15) is 0 Å². The minimum absolute atomic E-state index is 0. The van der Waals surface area contributed by atoms with Gasteiger partial charge in [0.15, 0.2) is 0 Å². The van der Waals surface area contributed by atoms with Crippen LogP contribution in [0.1, 0.15) is 6.42 Å². The summed E-state index contributed by atoms with van der Waals surface area (Å²) in [6, 6.07) is 0. The summed E-state index contributed by atoms with van der Waals surface area (Å²) in [5, 5.41) is 0. The second-order valence-electron chi connectivity index (χ2n) is 2.55. The molecule has 2 nitrogen and oxygen atoms in total. The van der Waals surface area contributed by atoms with E-state index in [1.54, 1.807) is 14.2 Å². The molecule has 0 amide bonds. The van der Waals surface area contributed by atoms with Crippen LogP contribution in [0.3, 0.4) is 0 Å². The summed E-state index contributed by atoms with van der Waals surface area (Å²) in [7, 11) is 3.40. The van der Waals surface area contributed by atoms with Crippen molar-refractivity contribution in [2.24, 2.45) is 0 Å². The quantitative estimate of drug-likeness (QED) is 0.501. The van der Waals surface area contributed by atoms with Crippen molar-refractivity contribution >= 4 is 0 Å². The zero-order valence-corrected chi connectivity index (χ0v) is 13.4. The minimum atomic E-state index is 0. The Balaban J connectivity index is -0.000000151. The monoisotopic (exact) mass is 349 g/mol. The molecule has 1 atom stereocenters. The fourth-order valence-corrected chi connectivity index (χ4v) is 1.18. The van der Waals surface area contributed by atoms with Gasteiger partial charge in [-0.1, -0.05) is 18.2 Å². The van der Waals surface area contributed by atoms with Crippen LogP contribution in [0, 0.1) is 0 Å². The maximum atomic E-state index is 5.24. The fraction of sp³-hybridized carbons (Fsp3) is 0.556. The Labute approximate surface area is 129 Å². The van der Waals surface area contributed by atoms with Gasteiger partial charge in [-0.2, -0.15) is 0 Å². The fourth-order valence-electron chi connectivity index (χ4n) is 1.18. The van der Waals surface area contributed by atoms with Crippen LogP contribution in [-0.4, -0.2) is 26.9 Å². The van der Waals surface area contributed by atoms with Gasteiger partial charge in [-0.3, -0.25) is 0 Å². The molecule has 0 saturated heterocycles. The number of halogens is 3. The Morgan fingerprint density at radius 1 is 1.27 bits per heavy atom. The molecule has 0 N–H and O–H groups in total. The van der Waals surface area contributed by atoms with Crippen LogP contribution in [0.4, 0.5) is 0 Å². The van der Waals surface area contributed by atoms with Gasteiger partial charge in [-0.25, -0.2) is 0 Å². The molecule has 15 heavy (non-hydrogen) atoms. The molecule has 87 valence electrons. The number of allylic oxidation sites excluding steroid dienone is 3. The van der Waals surface area contributed by atoms with Crippen LogP contribution in [0.5, 0.6) is 0 Å². The molecule has 1 rings (SSSR count). The van der Waals surface area contributed by atoms with Gasteiger partial charge >= 0.3 is 26.2 Å². The summed E-state index contributed by atoms with van der Waals surface area (Å²) in [6.45, 7) is 0.643. The molecule has 0 saturated carbocycles. The number of hydrogen-bond donors (Lipinski definition) is 0. The molecule has 0 aromatic carbocycles. The zero-order valence-electron chi connectivity index (χ0n) is 8.67. The van der Waals surface area contributed by atoms with E-state index in [2.05, 4.69) is 18.2 Å². The predicted octanol–water partition coefficient (Wildman–Crippen LogP) is -7.46. The van der Waals surface area contributed by atoms with Gasteiger partial charge in [0.1, 0.15) is 6.10 Å². The third-order valence-corrected chi connectivity index (χ3v) is 1.82. The minimum Gasteiger partial charge on any atom is -1.00 e. The van der Waals surface area contributed by atoms with Crippen molar-refractivity contribution in [3.63, 3.8) is 0 Å². The van der Waals surface area contributed by atoms with Crippen molar-refractivity contribution in [3.05, 3.63) is 23.8 Å². The van der Waals surface area contributed by atoms with Crippen LogP contribution in [-0.2, 0) is 35.7 Å². The van der Waals surface area contributed by atoms with Gasteiger partial charge in [0, 0.05) is 14.2 Å². The van der Waals surface area contributed by atoms with Gasteiger partial charge in [-0.05, 0) is 12.0 Å². The largest absolute Gasteiger partial charge is 3.00 e. The second-order valence-corrected chi connectivity index (χ2v) is 2.55. The van der Waals surface area contributed by atoms with Crippen LogP contribution in [0.2, 0.25) is 0 Å². The first-order chi connectivity index (χ1) is 5.38. The van der Waals surface area contributed by atoms with E-state index in [0.29, 0.717) is 6.61 Å². The van der Waals surface area contributed by atoms with E-state index < -0.39 is 0 Å². The second kappa shape index (κ2) is 15.2. The van der Waals surface area contributed by atoms with Crippen molar-refractivity contribution < 1.29 is 72.9 Å². The van der Waals surface area contributed by atoms with Gasteiger partial charge in [-0.15, -0.1) is 0 Å². The molecule has 0 bridgehead atoms. The normalized spacial score (nSPS) is 13.6. The summed E-state index contributed by atoms with van der Waals surface area (Å²) < 4.78 is 10.3. The van der Waals surface area contributed by atoms with E-state index in [0.717, 1.165) is 6.42 Å². The molecule has 0 fully saturated rings. The summed E-state index contributed by atoms with van der Waals surface area (Å²) in [5.41, 5.74) is 1.30. The third kappa shape index (κ3) is 8.91. The Morgan fingerprint density at radius 3 is 2.20 bits per heavy atom. The summed E-state index contributed by atoms with van der Waals surface area (Å²) in [5.74, 6) is 0. The predicted molar refractivity (Wildman–Crippen MR) is 44.5 cm³/mol. The first kappa shape index (κ1) is 25.1. The maximum Gasteiger partial charge on any atom is 3.00 e. The van der Waals surface area contributed by atoms with E-state index in [-0.39, 0.29) is 69.5 Å². The number of hydrogen-bond acceptors (Lipinski definition) is 2. The Kier molecular flexibility index (Phi) is 25.4. The van der Waals surface area contributed by atoms with Gasteiger partial charge in [0.2, 0.25) is 0 Å². The van der Waals surface area contributed by atoms with Gasteiger partial charge in [0.05, 0.1) is 6.61 Å². The summed E-state index contributed by atoms with van der Waals surface area (Å²) in [4.78, 5) is 0. The first-order valence-corrected chi connectivity index (χ1v) is 3.75. The van der Waals surface area contributed by atoms with Crippen molar-refractivity contribution in [2.75, 3.05) is 20.8 Å². The Morgan fingerprint density at radius 2 is 1.87 bits per heavy atom. The van der Waals surface area contributed by atoms with Crippen molar-refractivity contribution in [2.45, 2.75) is 12.5 Å². The molecule has 6 heteroatoms. The van der Waals surface area contributed by atoms with Gasteiger partial charge in [0.25, 0.3) is 0 Å². The van der Waals surface area contributed by atoms with Crippen LogP contribution in [0.15, 0.2) is 23.8 Å². The van der Waals surface area contributed by atoms with Crippen molar-refractivity contribution in [1.29, 1.82) is 0 Å². The summed E-state index contributed by atoms with van der Waals surface area (Å²) >= 11 is 0. The average Bonchev–Trinajstić information content (AvgIpc) is 2.52. The molecule has 1 unspecified atom stereocenters. The molecule has 0 aliphatic heterocycles. The number of rotatable bonds is 4. The smallest absolute Gasteiger partial charge is 1.00 e. The number of methoxy groups -OCH3 is 2. The summed E-state index contributed by atoms with van der Waals surface area (Å²) in [6.07, 6.45) is 7.40. The van der Waals surface area contributed by atoms with Gasteiger partial charge < -0.3 is 46.7 Å². The molecule has 1 radical (unpaired) electrons. The zero-order chi connectivity index (χ0) is 8.10. The maximum absolute atomic E-state index is 5.24. The Hall–Kier alpha value is 1.15. The molecule has 1 aliphatic carbocycles. The van der Waals surface area contributed by atoms with E-state index >= 15 is 0 Å². The first-order valence-electron chi connectivity index (χ1n) is 3.75. The number of ether oxygens (including phenoxy) is 2. The van der Waals surface area contributed by atoms with Crippen molar-refractivity contribution in [1.82, 2.24) is 0 Å². The molecular formula is C9H14Cl3O2Zr. The Bertz CT molecular complexity index is 186. The standard InChI is InChI=1S/C9H14O2.3ClH.Zr/c1-10-7-9(11-2)8-5-3-4-6-8;;;;/h3-5,9H,6-7H2,1-2H3;3*1H;/q;;;;+3/p-3. The van der Waals surface area contributed by atoms with E-state index in [4.69, 9.17) is 9.47 Å². The third-order valence-electron chi connectivity index (χ3n) is 1.82. The van der Waals surface area contributed by atoms with Crippen LogP contribution in [0.25, 0.3) is 0 Å². The molecular weight excluding hydrogens is 338 g/mol. The molecule has 0 aromatic heterocycles. The molecule has 0 spiro atoms. The van der Waals surface area contributed by atoms with E-state index in [1.165, 1.54) is 5.57 Å². The molecule has 0 aromatic rings. The molecule has 0 heterocycles.